The van der Waals surface area contributed by atoms with Crippen molar-refractivity contribution in [1.29, 1.82) is 0 Å². The van der Waals surface area contributed by atoms with Crippen molar-refractivity contribution >= 4 is 23.3 Å². The van der Waals surface area contributed by atoms with Crippen LogP contribution in [0.15, 0.2) is 47.4 Å². The minimum absolute atomic E-state index is 0.194. The van der Waals surface area contributed by atoms with Gasteiger partial charge in [-0.2, -0.15) is 4.98 Å². The fourth-order valence-electron chi connectivity index (χ4n) is 1.84. The van der Waals surface area contributed by atoms with Crippen molar-refractivity contribution in [3.05, 3.63) is 53.8 Å². The van der Waals surface area contributed by atoms with Crippen LogP contribution in [0, 0.1) is 0 Å². The fraction of sp³-hybridized carbons (Fsp3) is 0.133. The molecule has 116 valence electrons. The van der Waals surface area contributed by atoms with Crippen LogP contribution in [-0.4, -0.2) is 26.0 Å². The van der Waals surface area contributed by atoms with Crippen LogP contribution >= 0.6 is 11.6 Å². The van der Waals surface area contributed by atoms with Gasteiger partial charge in [0.1, 0.15) is 5.82 Å². The van der Waals surface area contributed by atoms with Crippen LogP contribution < -0.4 is 5.32 Å². The predicted octanol–water partition coefficient (Wildman–Crippen LogP) is 2.75. The molecular formula is C15H12ClN5O2. The molecule has 3 rings (SSSR count). The van der Waals surface area contributed by atoms with E-state index in [0.29, 0.717) is 29.0 Å². The Hall–Kier alpha value is -2.80. The first kappa shape index (κ1) is 15.1. The third-order valence-electron chi connectivity index (χ3n) is 2.95. The van der Waals surface area contributed by atoms with Gasteiger partial charge < -0.3 is 9.84 Å². The lowest BCUT2D eigenvalue weighted by atomic mass is 10.2. The molecule has 8 heteroatoms. The minimum atomic E-state index is -0.194. The first-order valence-corrected chi connectivity index (χ1v) is 7.23. The molecule has 0 saturated heterocycles. The lowest BCUT2D eigenvalue weighted by molar-refractivity contribution is -0.116. The Kier molecular flexibility index (Phi) is 4.58. The Bertz CT molecular complexity index is 789. The number of nitrogens with one attached hydrogen (secondary N) is 1. The molecule has 3 aromatic rings. The standard InChI is InChI=1S/C15H12ClN5O2/c16-11-3-4-12(18-9-11)19-13(22)5-6-14-20-15(21-23-14)10-2-1-7-17-8-10/h1-4,7-9H,5-6H2,(H,18,19,22). The summed E-state index contributed by atoms with van der Waals surface area (Å²) in [7, 11) is 0. The molecule has 0 radical (unpaired) electrons. The van der Waals surface area contributed by atoms with Crippen LogP contribution in [0.25, 0.3) is 11.4 Å². The number of hydrogen-bond acceptors (Lipinski definition) is 6. The fourth-order valence-corrected chi connectivity index (χ4v) is 1.96. The first-order chi connectivity index (χ1) is 11.2. The van der Waals surface area contributed by atoms with Crippen molar-refractivity contribution in [2.45, 2.75) is 12.8 Å². The molecule has 0 saturated carbocycles. The average Bonchev–Trinajstić information content (AvgIpc) is 3.05. The third-order valence-corrected chi connectivity index (χ3v) is 3.17. The Balaban J connectivity index is 1.55. The normalized spacial score (nSPS) is 10.5. The molecule has 0 aliphatic carbocycles. The summed E-state index contributed by atoms with van der Waals surface area (Å²) in [5.74, 6) is 1.10. The molecule has 0 unspecified atom stereocenters. The zero-order valence-electron chi connectivity index (χ0n) is 11.9. The van der Waals surface area contributed by atoms with Crippen LogP contribution in [0.3, 0.4) is 0 Å². The Labute approximate surface area is 136 Å². The van der Waals surface area contributed by atoms with E-state index in [0.717, 1.165) is 5.56 Å². The van der Waals surface area contributed by atoms with Crippen molar-refractivity contribution in [3.8, 4) is 11.4 Å². The molecular weight excluding hydrogens is 318 g/mol. The van der Waals surface area contributed by atoms with Crippen LogP contribution in [0.2, 0.25) is 5.02 Å². The molecule has 0 aromatic carbocycles. The van der Waals surface area contributed by atoms with Crippen LogP contribution in [0.1, 0.15) is 12.3 Å². The highest BCUT2D eigenvalue weighted by molar-refractivity contribution is 6.30. The van der Waals surface area contributed by atoms with E-state index in [9.17, 15) is 4.79 Å². The molecule has 0 aliphatic heterocycles. The Morgan fingerprint density at radius 3 is 2.91 bits per heavy atom. The van der Waals surface area contributed by atoms with E-state index >= 15 is 0 Å². The highest BCUT2D eigenvalue weighted by Crippen LogP contribution is 2.15. The molecule has 3 aromatic heterocycles. The predicted molar refractivity (Wildman–Crippen MR) is 83.7 cm³/mol. The highest BCUT2D eigenvalue weighted by Gasteiger charge is 2.11. The Morgan fingerprint density at radius 1 is 1.26 bits per heavy atom. The highest BCUT2D eigenvalue weighted by atomic mass is 35.5. The van der Waals surface area contributed by atoms with E-state index < -0.39 is 0 Å². The van der Waals surface area contributed by atoms with Crippen LogP contribution in [0.5, 0.6) is 0 Å². The quantitative estimate of drug-likeness (QED) is 0.773. The molecule has 1 N–H and O–H groups in total. The van der Waals surface area contributed by atoms with Gasteiger partial charge >= 0.3 is 0 Å². The SMILES string of the molecule is O=C(CCc1nc(-c2cccnc2)no1)Nc1ccc(Cl)cn1. The van der Waals surface area contributed by atoms with E-state index in [1.54, 1.807) is 30.6 Å². The zero-order valence-corrected chi connectivity index (χ0v) is 12.7. The van der Waals surface area contributed by atoms with Gasteiger partial charge in [-0.05, 0) is 24.3 Å². The molecule has 23 heavy (non-hydrogen) atoms. The zero-order chi connectivity index (χ0) is 16.1. The second kappa shape index (κ2) is 6.97. The number of rotatable bonds is 5. The maximum atomic E-state index is 11.9. The number of pyridine rings is 2. The van der Waals surface area contributed by atoms with E-state index in [2.05, 4.69) is 25.4 Å². The topological polar surface area (TPSA) is 93.8 Å². The summed E-state index contributed by atoms with van der Waals surface area (Å²) in [4.78, 5) is 24.1. The molecule has 0 bridgehead atoms. The molecule has 7 nitrogen and oxygen atoms in total. The van der Waals surface area contributed by atoms with E-state index in [-0.39, 0.29) is 12.3 Å². The van der Waals surface area contributed by atoms with E-state index in [4.69, 9.17) is 16.1 Å². The lowest BCUT2D eigenvalue weighted by Gasteiger charge is -2.02. The summed E-state index contributed by atoms with van der Waals surface area (Å²) < 4.78 is 5.13. The van der Waals surface area contributed by atoms with Crippen LogP contribution in [-0.2, 0) is 11.2 Å². The van der Waals surface area contributed by atoms with Gasteiger partial charge in [0.15, 0.2) is 0 Å². The van der Waals surface area contributed by atoms with Crippen molar-refractivity contribution in [3.63, 3.8) is 0 Å². The van der Waals surface area contributed by atoms with E-state index in [1.165, 1.54) is 6.20 Å². The summed E-state index contributed by atoms with van der Waals surface area (Å²) in [6.45, 7) is 0. The van der Waals surface area contributed by atoms with Gasteiger partial charge in [-0.25, -0.2) is 4.98 Å². The number of halogens is 1. The number of nitrogens with zero attached hydrogens (tertiary/aromatic N) is 4. The molecule has 0 fully saturated rings. The summed E-state index contributed by atoms with van der Waals surface area (Å²) in [5.41, 5.74) is 0.761. The summed E-state index contributed by atoms with van der Waals surface area (Å²) in [6.07, 6.45) is 5.33. The second-order valence-corrected chi connectivity index (χ2v) is 5.10. The van der Waals surface area contributed by atoms with Gasteiger partial charge in [-0.15, -0.1) is 0 Å². The van der Waals surface area contributed by atoms with Gasteiger partial charge in [0.05, 0.1) is 5.02 Å². The Morgan fingerprint density at radius 2 is 2.17 bits per heavy atom. The number of hydrogen-bond donors (Lipinski definition) is 1. The number of aromatic nitrogens is 4. The first-order valence-electron chi connectivity index (χ1n) is 6.85. The summed E-state index contributed by atoms with van der Waals surface area (Å²) in [5, 5.41) is 7.05. The monoisotopic (exact) mass is 329 g/mol. The van der Waals surface area contributed by atoms with Gasteiger partial charge in [0, 0.05) is 37.0 Å². The van der Waals surface area contributed by atoms with Gasteiger partial charge in [0.2, 0.25) is 17.6 Å². The molecule has 0 aliphatic rings. The number of aryl methyl sites for hydroxylation is 1. The average molecular weight is 330 g/mol. The molecule has 3 heterocycles. The van der Waals surface area contributed by atoms with Crippen molar-refractivity contribution in [2.24, 2.45) is 0 Å². The molecule has 1 amide bonds. The maximum absolute atomic E-state index is 11.9. The minimum Gasteiger partial charge on any atom is -0.339 e. The lowest BCUT2D eigenvalue weighted by Crippen LogP contribution is -2.13. The largest absolute Gasteiger partial charge is 0.339 e. The second-order valence-electron chi connectivity index (χ2n) is 4.66. The van der Waals surface area contributed by atoms with E-state index in [1.807, 2.05) is 6.07 Å². The third kappa shape index (κ3) is 4.10. The number of carbonyl (C=O) groups is 1. The number of carbonyl (C=O) groups excluding carboxylic acids is 1. The van der Waals surface area contributed by atoms with Crippen molar-refractivity contribution in [1.82, 2.24) is 20.1 Å². The smallest absolute Gasteiger partial charge is 0.227 e. The molecule has 0 spiro atoms. The van der Waals surface area contributed by atoms with Crippen molar-refractivity contribution in [2.75, 3.05) is 5.32 Å². The van der Waals surface area contributed by atoms with Crippen LogP contribution in [0.4, 0.5) is 5.82 Å². The van der Waals surface area contributed by atoms with Gasteiger partial charge in [0.25, 0.3) is 0 Å². The molecule has 0 atom stereocenters. The maximum Gasteiger partial charge on any atom is 0.227 e. The van der Waals surface area contributed by atoms with Gasteiger partial charge in [-0.1, -0.05) is 16.8 Å². The number of anilines is 1. The van der Waals surface area contributed by atoms with Crippen molar-refractivity contribution < 1.29 is 9.32 Å². The van der Waals surface area contributed by atoms with Gasteiger partial charge in [-0.3, -0.25) is 9.78 Å². The summed E-state index contributed by atoms with van der Waals surface area (Å²) >= 11 is 5.74. The summed E-state index contributed by atoms with van der Waals surface area (Å²) in [6, 6.07) is 6.91. The number of amides is 1.